The maximum atomic E-state index is 11.6. The average Bonchev–Trinajstić information content (AvgIpc) is 2.25. The van der Waals surface area contributed by atoms with Gasteiger partial charge in [-0.05, 0) is 48.6 Å². The molecule has 0 aliphatic rings. The van der Waals surface area contributed by atoms with Crippen molar-refractivity contribution in [2.24, 2.45) is 5.73 Å². The molecule has 0 fully saturated rings. The molecule has 4 nitrogen and oxygen atoms in total. The van der Waals surface area contributed by atoms with E-state index in [1.54, 1.807) is 35.6 Å². The number of Topliss-reactive ketones (excluding diaryl/α,β-unsaturated/α-hetero) is 2. The predicted octanol–water partition coefficient (Wildman–Crippen LogP) is 2.02. The Bertz CT molecular complexity index is 344. The number of hydrogen-bond donors (Lipinski definition) is 2. The molecule has 0 bridgehead atoms. The van der Waals surface area contributed by atoms with Crippen LogP contribution in [-0.2, 0) is 9.59 Å². The van der Waals surface area contributed by atoms with E-state index in [-0.39, 0.29) is 27.1 Å². The largest absolute Gasteiger partial charge is 0.320 e. The molecule has 0 amide bonds. The van der Waals surface area contributed by atoms with Crippen LogP contribution in [0.25, 0.3) is 0 Å². The third kappa shape index (κ3) is 5.45. The van der Waals surface area contributed by atoms with Gasteiger partial charge >= 0.3 is 0 Å². The van der Waals surface area contributed by atoms with Crippen molar-refractivity contribution in [2.75, 3.05) is 7.05 Å². The maximum absolute atomic E-state index is 11.6. The molecule has 3 N–H and O–H groups in total. The lowest BCUT2D eigenvalue weighted by atomic mass is 10.0. The van der Waals surface area contributed by atoms with Gasteiger partial charge in [-0.2, -0.15) is 0 Å². The van der Waals surface area contributed by atoms with Gasteiger partial charge in [0.25, 0.3) is 0 Å². The van der Waals surface area contributed by atoms with Crippen molar-refractivity contribution < 1.29 is 9.59 Å². The van der Waals surface area contributed by atoms with E-state index < -0.39 is 6.04 Å². The monoisotopic (exact) mass is 306 g/mol. The Labute approximate surface area is 124 Å². The fourth-order valence-electron chi connectivity index (χ4n) is 1.84. The van der Waals surface area contributed by atoms with Crippen molar-refractivity contribution >= 4 is 33.2 Å². The van der Waals surface area contributed by atoms with Crippen LogP contribution >= 0.6 is 21.6 Å². The van der Waals surface area contributed by atoms with Crippen molar-refractivity contribution in [3.8, 4) is 0 Å². The molecule has 0 aromatic heterocycles. The number of ketones is 2. The molecule has 0 aliphatic heterocycles. The smallest absolute Gasteiger partial charge is 0.148 e. The van der Waals surface area contributed by atoms with Crippen molar-refractivity contribution in [3.05, 3.63) is 0 Å². The van der Waals surface area contributed by atoms with Crippen LogP contribution in [-0.4, -0.2) is 40.2 Å². The Morgan fingerprint density at radius 2 is 1.42 bits per heavy atom. The second kappa shape index (κ2) is 7.11. The van der Waals surface area contributed by atoms with Gasteiger partial charge in [-0.3, -0.25) is 9.59 Å². The van der Waals surface area contributed by atoms with Crippen LogP contribution in [0, 0.1) is 0 Å². The minimum absolute atomic E-state index is 0.0207. The zero-order valence-corrected chi connectivity index (χ0v) is 14.5. The van der Waals surface area contributed by atoms with E-state index in [1.807, 2.05) is 27.7 Å². The Kier molecular flexibility index (Phi) is 7.09. The second-order valence-corrected chi connectivity index (χ2v) is 9.23. The van der Waals surface area contributed by atoms with E-state index in [2.05, 4.69) is 5.32 Å². The summed E-state index contributed by atoms with van der Waals surface area (Å²) in [4.78, 5) is 23.0. The van der Waals surface area contributed by atoms with Gasteiger partial charge in [-0.25, -0.2) is 0 Å². The number of carbonyl (C=O) groups is 2. The molecule has 19 heavy (non-hydrogen) atoms. The van der Waals surface area contributed by atoms with E-state index in [9.17, 15) is 9.59 Å². The standard InChI is InChI=1S/C13H26N2O2S2/c1-8(16)10(14)12(3,4)18-19-13(5,6)11(15-7)9(2)17/h10-11,15H,14H2,1-7H3/t10-,11-/m1/s1. The number of likely N-dealkylation sites (N-methyl/N-ethyl adjacent to an activating group) is 1. The first-order valence-electron chi connectivity index (χ1n) is 6.26. The first-order chi connectivity index (χ1) is 8.45. The molecule has 6 heteroatoms. The molecule has 0 heterocycles. The number of nitrogens with one attached hydrogen (secondary N) is 1. The fourth-order valence-corrected chi connectivity index (χ4v) is 4.81. The van der Waals surface area contributed by atoms with E-state index in [1.165, 1.54) is 6.92 Å². The molecule has 0 spiro atoms. The zero-order valence-electron chi connectivity index (χ0n) is 12.9. The Hall–Kier alpha value is -0.0400. The second-order valence-electron chi connectivity index (χ2n) is 5.79. The van der Waals surface area contributed by atoms with Gasteiger partial charge in [0.2, 0.25) is 0 Å². The maximum Gasteiger partial charge on any atom is 0.148 e. The highest BCUT2D eigenvalue weighted by atomic mass is 33.1. The summed E-state index contributed by atoms with van der Waals surface area (Å²) in [7, 11) is 4.94. The van der Waals surface area contributed by atoms with E-state index >= 15 is 0 Å². The number of carbonyl (C=O) groups excluding carboxylic acids is 2. The topological polar surface area (TPSA) is 72.2 Å². The van der Waals surface area contributed by atoms with Gasteiger partial charge in [0, 0.05) is 9.49 Å². The highest BCUT2D eigenvalue weighted by Crippen LogP contribution is 2.46. The molecule has 0 rings (SSSR count). The minimum atomic E-state index is -0.508. The summed E-state index contributed by atoms with van der Waals surface area (Å²) in [6.07, 6.45) is 0. The molecule has 2 atom stereocenters. The van der Waals surface area contributed by atoms with Crippen LogP contribution in [0.15, 0.2) is 0 Å². The van der Waals surface area contributed by atoms with Gasteiger partial charge in [-0.1, -0.05) is 21.6 Å². The predicted molar refractivity (Wildman–Crippen MR) is 85.5 cm³/mol. The molecule has 0 aromatic rings. The molecule has 0 unspecified atom stereocenters. The lowest BCUT2D eigenvalue weighted by Gasteiger charge is -2.36. The molecular weight excluding hydrogens is 280 g/mol. The van der Waals surface area contributed by atoms with Crippen LogP contribution in [0.3, 0.4) is 0 Å². The lowest BCUT2D eigenvalue weighted by Crippen LogP contribution is -2.49. The minimum Gasteiger partial charge on any atom is -0.320 e. The van der Waals surface area contributed by atoms with Crippen LogP contribution in [0.4, 0.5) is 0 Å². The third-order valence-electron chi connectivity index (χ3n) is 3.05. The highest BCUT2D eigenvalue weighted by Gasteiger charge is 2.37. The molecule has 0 saturated carbocycles. The number of rotatable bonds is 8. The molecule has 0 aliphatic carbocycles. The summed E-state index contributed by atoms with van der Waals surface area (Å²) in [5, 5.41) is 3.05. The van der Waals surface area contributed by atoms with Crippen LogP contribution < -0.4 is 11.1 Å². The summed E-state index contributed by atoms with van der Waals surface area (Å²) in [6, 6.07) is -0.736. The summed E-state index contributed by atoms with van der Waals surface area (Å²) >= 11 is 0. The summed E-state index contributed by atoms with van der Waals surface area (Å²) in [5.41, 5.74) is 5.93. The Morgan fingerprint density at radius 1 is 1.00 bits per heavy atom. The van der Waals surface area contributed by atoms with Crippen LogP contribution in [0.1, 0.15) is 41.5 Å². The third-order valence-corrected chi connectivity index (χ3v) is 7.31. The van der Waals surface area contributed by atoms with Gasteiger partial charge in [0.1, 0.15) is 11.6 Å². The lowest BCUT2D eigenvalue weighted by molar-refractivity contribution is -0.119. The molecular formula is C13H26N2O2S2. The molecule has 112 valence electrons. The Morgan fingerprint density at radius 3 is 1.74 bits per heavy atom. The summed E-state index contributed by atoms with van der Waals surface area (Å²) < 4.78 is -0.651. The molecule has 0 aromatic carbocycles. The van der Waals surface area contributed by atoms with Gasteiger partial charge in [-0.15, -0.1) is 0 Å². The van der Waals surface area contributed by atoms with Crippen LogP contribution in [0.5, 0.6) is 0 Å². The molecule has 0 radical (unpaired) electrons. The van der Waals surface area contributed by atoms with E-state index in [4.69, 9.17) is 5.73 Å². The van der Waals surface area contributed by atoms with Crippen molar-refractivity contribution in [3.63, 3.8) is 0 Å². The van der Waals surface area contributed by atoms with Crippen LogP contribution in [0.2, 0.25) is 0 Å². The van der Waals surface area contributed by atoms with E-state index in [0.29, 0.717) is 0 Å². The fraction of sp³-hybridized carbons (Fsp3) is 0.846. The highest BCUT2D eigenvalue weighted by molar-refractivity contribution is 8.77. The van der Waals surface area contributed by atoms with Crippen molar-refractivity contribution in [2.45, 2.75) is 63.1 Å². The van der Waals surface area contributed by atoms with Crippen molar-refractivity contribution in [1.82, 2.24) is 5.32 Å². The quantitative estimate of drug-likeness (QED) is 0.669. The number of hydrogen-bond acceptors (Lipinski definition) is 6. The first kappa shape index (κ1) is 19.0. The number of nitrogens with two attached hydrogens (primary N) is 1. The first-order valence-corrected chi connectivity index (χ1v) is 8.41. The normalized spacial score (nSPS) is 16.0. The van der Waals surface area contributed by atoms with Gasteiger partial charge in [0.05, 0.1) is 12.1 Å². The average molecular weight is 306 g/mol. The van der Waals surface area contributed by atoms with Crippen molar-refractivity contribution in [1.29, 1.82) is 0 Å². The summed E-state index contributed by atoms with van der Waals surface area (Å²) in [5.74, 6) is 0.0851. The van der Waals surface area contributed by atoms with Gasteiger partial charge in [0.15, 0.2) is 0 Å². The van der Waals surface area contributed by atoms with E-state index in [0.717, 1.165) is 0 Å². The molecule has 0 saturated heterocycles. The zero-order chi connectivity index (χ0) is 15.4. The Balaban J connectivity index is 4.78. The van der Waals surface area contributed by atoms with Gasteiger partial charge < -0.3 is 11.1 Å². The summed E-state index contributed by atoms with van der Waals surface area (Å²) in [6.45, 7) is 11.0. The SMILES string of the molecule is CN[C@H](C(C)=O)C(C)(C)SSC(C)(C)[C@H](N)C(C)=O.